The first-order valence-electron chi connectivity index (χ1n) is 10.7. The van der Waals surface area contributed by atoms with Gasteiger partial charge in [0.25, 0.3) is 5.91 Å². The summed E-state index contributed by atoms with van der Waals surface area (Å²) in [6.07, 6.45) is 5.42. The lowest BCUT2D eigenvalue weighted by molar-refractivity contribution is 0.0956. The summed E-state index contributed by atoms with van der Waals surface area (Å²) < 4.78 is 3.83. The van der Waals surface area contributed by atoms with Gasteiger partial charge < -0.3 is 4.57 Å². The topological polar surface area (TPSA) is 64.2 Å². The molecule has 0 aliphatic heterocycles. The van der Waals surface area contributed by atoms with Crippen molar-refractivity contribution in [2.24, 2.45) is 12.1 Å². The van der Waals surface area contributed by atoms with Crippen molar-refractivity contribution in [2.75, 3.05) is 0 Å². The average molecular weight is 434 g/mol. The molecule has 0 fully saturated rings. The minimum Gasteiger partial charge on any atom is -0.350 e. The van der Waals surface area contributed by atoms with Crippen LogP contribution in [-0.2, 0) is 13.6 Å². The lowest BCUT2D eigenvalue weighted by atomic mass is 10.1. The van der Waals surface area contributed by atoms with Crippen molar-refractivity contribution >= 4 is 23.0 Å². The molecule has 0 aliphatic rings. The van der Waals surface area contributed by atoms with Gasteiger partial charge in [-0.05, 0) is 11.6 Å². The third-order valence-corrected chi connectivity index (χ3v) is 5.54. The normalized spacial score (nSPS) is 11.3. The molecule has 2 aromatic heterocycles. The van der Waals surface area contributed by atoms with Crippen LogP contribution in [0.4, 0.5) is 0 Å². The van der Waals surface area contributed by atoms with Crippen molar-refractivity contribution in [3.8, 4) is 11.3 Å². The number of rotatable bonds is 6. The number of aryl methyl sites for hydroxylation is 1. The van der Waals surface area contributed by atoms with E-state index in [1.807, 2.05) is 101 Å². The summed E-state index contributed by atoms with van der Waals surface area (Å²) in [4.78, 5) is 12.8. The average Bonchev–Trinajstić information content (AvgIpc) is 3.41. The van der Waals surface area contributed by atoms with Gasteiger partial charge in [-0.3, -0.25) is 9.48 Å². The first-order chi connectivity index (χ1) is 16.2. The molecule has 2 heterocycles. The molecule has 1 N–H and O–H groups in total. The van der Waals surface area contributed by atoms with Crippen LogP contribution in [-0.4, -0.2) is 26.5 Å². The number of aromatic nitrogens is 3. The Balaban J connectivity index is 1.41. The largest absolute Gasteiger partial charge is 0.350 e. The second kappa shape index (κ2) is 8.96. The third kappa shape index (κ3) is 4.32. The molecule has 162 valence electrons. The van der Waals surface area contributed by atoms with Gasteiger partial charge in [0.15, 0.2) is 0 Å². The zero-order valence-electron chi connectivity index (χ0n) is 18.2. The maximum Gasteiger partial charge on any atom is 0.273 e. The van der Waals surface area contributed by atoms with E-state index in [9.17, 15) is 4.79 Å². The van der Waals surface area contributed by atoms with Crippen molar-refractivity contribution in [3.05, 3.63) is 114 Å². The first kappa shape index (κ1) is 20.5. The summed E-state index contributed by atoms with van der Waals surface area (Å²) in [6, 6.07) is 28.0. The molecule has 3 aromatic carbocycles. The Labute approximate surface area is 191 Å². The van der Waals surface area contributed by atoms with E-state index in [1.54, 1.807) is 6.21 Å². The van der Waals surface area contributed by atoms with Crippen LogP contribution in [0.5, 0.6) is 0 Å². The molecule has 0 spiro atoms. The van der Waals surface area contributed by atoms with E-state index < -0.39 is 0 Å². The molecule has 5 aromatic rings. The summed E-state index contributed by atoms with van der Waals surface area (Å²) in [6.45, 7) is 0.650. The molecule has 6 heteroatoms. The predicted octanol–water partition coefficient (Wildman–Crippen LogP) is 4.85. The Morgan fingerprint density at radius 3 is 2.42 bits per heavy atom. The minimum absolute atomic E-state index is 0.249. The second-order valence-electron chi connectivity index (χ2n) is 7.85. The Hall–Kier alpha value is -4.45. The lowest BCUT2D eigenvalue weighted by Crippen LogP contribution is -2.17. The van der Waals surface area contributed by atoms with Crippen LogP contribution >= 0.6 is 0 Å². The maximum atomic E-state index is 12.8. The highest BCUT2D eigenvalue weighted by Gasteiger charge is 2.14. The van der Waals surface area contributed by atoms with Gasteiger partial charge in [0, 0.05) is 41.5 Å². The summed E-state index contributed by atoms with van der Waals surface area (Å²) in [5, 5.41) is 9.94. The predicted molar refractivity (Wildman–Crippen MR) is 131 cm³/mol. The van der Waals surface area contributed by atoms with Gasteiger partial charge in [-0.2, -0.15) is 10.2 Å². The number of carbonyl (C=O) groups is 1. The summed E-state index contributed by atoms with van der Waals surface area (Å²) >= 11 is 0. The number of nitrogens with zero attached hydrogens (tertiary/aromatic N) is 4. The number of benzene rings is 3. The van der Waals surface area contributed by atoms with Crippen molar-refractivity contribution in [2.45, 2.75) is 6.54 Å². The zero-order chi connectivity index (χ0) is 22.6. The van der Waals surface area contributed by atoms with Gasteiger partial charge in [-0.15, -0.1) is 0 Å². The molecule has 0 radical (unpaired) electrons. The molecule has 1 amide bonds. The van der Waals surface area contributed by atoms with Crippen molar-refractivity contribution in [3.63, 3.8) is 0 Å². The Kier molecular flexibility index (Phi) is 5.55. The fourth-order valence-electron chi connectivity index (χ4n) is 3.95. The number of para-hydroxylation sites is 1. The zero-order valence-corrected chi connectivity index (χ0v) is 18.2. The van der Waals surface area contributed by atoms with Gasteiger partial charge in [0.1, 0.15) is 5.69 Å². The van der Waals surface area contributed by atoms with E-state index in [4.69, 9.17) is 5.10 Å². The molecule has 0 saturated heterocycles. The van der Waals surface area contributed by atoms with E-state index in [-0.39, 0.29) is 5.91 Å². The van der Waals surface area contributed by atoms with Crippen LogP contribution < -0.4 is 5.43 Å². The van der Waals surface area contributed by atoms with E-state index >= 15 is 0 Å². The minimum atomic E-state index is -0.249. The number of hydrogen-bond acceptors (Lipinski definition) is 3. The van der Waals surface area contributed by atoms with Crippen LogP contribution in [0.3, 0.4) is 0 Å². The standard InChI is InChI=1S/C27H23N5O/c1-31-19-24(23-14-8-9-15-25(23)31)27(33)29-28-16-22-18-32(17-20-10-4-2-5-11-20)30-26(22)21-12-6-3-7-13-21/h2-16,18-19H,17H2,1H3,(H,29,33)/b28-16-. The van der Waals surface area contributed by atoms with Crippen molar-refractivity contribution in [1.82, 2.24) is 19.8 Å². The van der Waals surface area contributed by atoms with Gasteiger partial charge >= 0.3 is 0 Å². The SMILES string of the molecule is Cn1cc(C(=O)N/N=C\c2cn(Cc3ccccc3)nc2-c2ccccc2)c2ccccc21. The lowest BCUT2D eigenvalue weighted by Gasteiger charge is -2.01. The van der Waals surface area contributed by atoms with Crippen LogP contribution in [0.25, 0.3) is 22.2 Å². The van der Waals surface area contributed by atoms with Crippen molar-refractivity contribution in [1.29, 1.82) is 0 Å². The number of fused-ring (bicyclic) bond motifs is 1. The Bertz CT molecular complexity index is 1430. The van der Waals surface area contributed by atoms with E-state index in [0.29, 0.717) is 12.1 Å². The van der Waals surface area contributed by atoms with E-state index in [0.717, 1.165) is 33.3 Å². The molecule has 5 rings (SSSR count). The van der Waals surface area contributed by atoms with E-state index in [1.165, 1.54) is 0 Å². The van der Waals surface area contributed by atoms with Gasteiger partial charge in [-0.1, -0.05) is 78.9 Å². The Morgan fingerprint density at radius 2 is 1.64 bits per heavy atom. The molecular formula is C27H23N5O. The highest BCUT2D eigenvalue weighted by atomic mass is 16.2. The highest BCUT2D eigenvalue weighted by Crippen LogP contribution is 2.22. The van der Waals surface area contributed by atoms with Gasteiger partial charge in [0.2, 0.25) is 0 Å². The third-order valence-electron chi connectivity index (χ3n) is 5.54. The number of hydrogen-bond donors (Lipinski definition) is 1. The number of hydrazone groups is 1. The molecule has 0 aliphatic carbocycles. The van der Waals surface area contributed by atoms with Crippen LogP contribution in [0.2, 0.25) is 0 Å². The van der Waals surface area contributed by atoms with Crippen LogP contribution in [0, 0.1) is 0 Å². The van der Waals surface area contributed by atoms with Gasteiger partial charge in [-0.25, -0.2) is 5.43 Å². The quantitative estimate of drug-likeness (QED) is 0.307. The fraction of sp³-hybridized carbons (Fsp3) is 0.0741. The number of carbonyl (C=O) groups excluding carboxylic acids is 1. The van der Waals surface area contributed by atoms with Crippen LogP contribution in [0.1, 0.15) is 21.5 Å². The van der Waals surface area contributed by atoms with Crippen LogP contribution in [0.15, 0.2) is 102 Å². The number of amides is 1. The number of nitrogens with one attached hydrogen (secondary N) is 1. The molecule has 0 bridgehead atoms. The molecule has 0 atom stereocenters. The summed E-state index contributed by atoms with van der Waals surface area (Å²) in [5.74, 6) is -0.249. The Morgan fingerprint density at radius 1 is 0.939 bits per heavy atom. The second-order valence-corrected chi connectivity index (χ2v) is 7.85. The first-order valence-corrected chi connectivity index (χ1v) is 10.7. The molecule has 33 heavy (non-hydrogen) atoms. The molecule has 0 saturated carbocycles. The summed E-state index contributed by atoms with van der Waals surface area (Å²) in [5.41, 5.74) is 8.06. The molecule has 0 unspecified atom stereocenters. The monoisotopic (exact) mass is 433 g/mol. The smallest absolute Gasteiger partial charge is 0.273 e. The van der Waals surface area contributed by atoms with Crippen molar-refractivity contribution < 1.29 is 4.79 Å². The molecular weight excluding hydrogens is 410 g/mol. The summed E-state index contributed by atoms with van der Waals surface area (Å²) in [7, 11) is 1.93. The fourth-order valence-corrected chi connectivity index (χ4v) is 3.95. The maximum absolute atomic E-state index is 12.8. The molecule has 6 nitrogen and oxygen atoms in total. The van der Waals surface area contributed by atoms with Gasteiger partial charge in [0.05, 0.1) is 18.3 Å². The van der Waals surface area contributed by atoms with E-state index in [2.05, 4.69) is 22.7 Å². The highest BCUT2D eigenvalue weighted by molar-refractivity contribution is 6.07.